The van der Waals surface area contributed by atoms with Crippen LogP contribution in [-0.2, 0) is 17.3 Å². The van der Waals surface area contributed by atoms with E-state index in [0.717, 1.165) is 17.9 Å². The topological polar surface area (TPSA) is 49.9 Å². The molecule has 0 unspecified atom stereocenters. The number of hydrogen-bond donors (Lipinski definition) is 0. The van der Waals surface area contributed by atoms with Crippen LogP contribution in [0.5, 0.6) is 5.75 Å². The lowest BCUT2D eigenvalue weighted by Crippen LogP contribution is -2.45. The van der Waals surface area contributed by atoms with E-state index in [1.54, 1.807) is 38.1 Å². The van der Waals surface area contributed by atoms with Crippen LogP contribution in [0.2, 0.25) is 0 Å². The quantitative estimate of drug-likeness (QED) is 0.445. The first-order chi connectivity index (χ1) is 15.7. The van der Waals surface area contributed by atoms with E-state index in [9.17, 15) is 31.5 Å². The maximum atomic E-state index is 14.4. The van der Waals surface area contributed by atoms with Crippen LogP contribution in [0.4, 0.5) is 22.0 Å². The zero-order valence-electron chi connectivity index (χ0n) is 18.8. The highest BCUT2D eigenvalue weighted by Crippen LogP contribution is 2.51. The number of carbonyl (C=O) groups is 2. The molecule has 0 fully saturated rings. The van der Waals surface area contributed by atoms with E-state index in [4.69, 9.17) is 4.74 Å². The second-order valence-corrected chi connectivity index (χ2v) is 8.76. The summed E-state index contributed by atoms with van der Waals surface area (Å²) in [7, 11) is 1.40. The number of amides is 2. The molecule has 180 valence electrons. The maximum Gasteiger partial charge on any atom is 0.458 e. The van der Waals surface area contributed by atoms with Crippen LogP contribution in [-0.4, -0.2) is 40.9 Å². The number of rotatable bonds is 4. The number of fused-ring (bicyclic) bond motifs is 2. The molecule has 0 bridgehead atoms. The molecular weight excluding hydrogens is 459 g/mol. The van der Waals surface area contributed by atoms with Gasteiger partial charge in [0.2, 0.25) is 6.41 Å². The van der Waals surface area contributed by atoms with Crippen LogP contribution in [0.15, 0.2) is 42.1 Å². The highest BCUT2D eigenvalue weighted by atomic mass is 19.4. The van der Waals surface area contributed by atoms with Crippen LogP contribution in [0.3, 0.4) is 0 Å². The largest absolute Gasteiger partial charge is 0.481 e. The van der Waals surface area contributed by atoms with Gasteiger partial charge >= 0.3 is 12.1 Å². The second kappa shape index (κ2) is 7.54. The first-order valence-corrected chi connectivity index (χ1v) is 10.3. The lowest BCUT2D eigenvalue weighted by atomic mass is 9.87. The van der Waals surface area contributed by atoms with Gasteiger partial charge in [-0.3, -0.25) is 9.59 Å². The van der Waals surface area contributed by atoms with E-state index in [2.05, 4.69) is 0 Å². The van der Waals surface area contributed by atoms with Crippen molar-refractivity contribution >= 4 is 18.0 Å². The summed E-state index contributed by atoms with van der Waals surface area (Å²) in [5.41, 5.74) is -1.70. The minimum absolute atomic E-state index is 0.0334. The van der Waals surface area contributed by atoms with Crippen molar-refractivity contribution in [3.8, 4) is 5.75 Å². The first kappa shape index (κ1) is 23.7. The Morgan fingerprint density at radius 2 is 1.74 bits per heavy atom. The molecular formula is C24H21F5N2O3. The van der Waals surface area contributed by atoms with Gasteiger partial charge in [-0.05, 0) is 50.1 Å². The Labute approximate surface area is 192 Å². The standard InChI is InChI=1S/C24H21F5N2O3/c1-13-16(23(25,26)24(27,28)29)9-10-17-18(13)19(20(30(4)12-32)22(2,3)34-17)31-11-14-7-5-6-8-15(14)21(31)33/h5-10,12H,11H2,1-4H3. The van der Waals surface area contributed by atoms with Gasteiger partial charge in [0.15, 0.2) is 0 Å². The predicted molar refractivity (Wildman–Crippen MR) is 113 cm³/mol. The average Bonchev–Trinajstić information content (AvgIpc) is 3.07. The molecule has 4 rings (SSSR count). The van der Waals surface area contributed by atoms with Crippen molar-refractivity contribution in [1.82, 2.24) is 9.80 Å². The third-order valence-electron chi connectivity index (χ3n) is 6.12. The van der Waals surface area contributed by atoms with Gasteiger partial charge < -0.3 is 14.5 Å². The van der Waals surface area contributed by atoms with Gasteiger partial charge in [-0.2, -0.15) is 22.0 Å². The van der Waals surface area contributed by atoms with Crippen molar-refractivity contribution in [2.75, 3.05) is 7.05 Å². The van der Waals surface area contributed by atoms with Crippen molar-refractivity contribution in [1.29, 1.82) is 0 Å². The molecule has 5 nitrogen and oxygen atoms in total. The summed E-state index contributed by atoms with van der Waals surface area (Å²) in [6, 6.07) is 8.46. The number of halogens is 5. The van der Waals surface area contributed by atoms with Gasteiger partial charge in [0, 0.05) is 23.7 Å². The van der Waals surface area contributed by atoms with E-state index in [1.165, 1.54) is 11.9 Å². The Morgan fingerprint density at radius 1 is 1.09 bits per heavy atom. The summed E-state index contributed by atoms with van der Waals surface area (Å²) in [4.78, 5) is 27.6. The molecule has 2 aliphatic rings. The molecule has 34 heavy (non-hydrogen) atoms. The highest BCUT2D eigenvalue weighted by Gasteiger charge is 2.60. The van der Waals surface area contributed by atoms with Crippen LogP contribution < -0.4 is 4.74 Å². The second-order valence-electron chi connectivity index (χ2n) is 8.76. The molecule has 2 aliphatic heterocycles. The molecule has 2 heterocycles. The summed E-state index contributed by atoms with van der Waals surface area (Å²) in [6.45, 7) is 4.41. The van der Waals surface area contributed by atoms with Crippen LogP contribution >= 0.6 is 0 Å². The zero-order chi connectivity index (χ0) is 25.2. The number of hydrogen-bond acceptors (Lipinski definition) is 3. The Kier molecular flexibility index (Phi) is 5.26. The van der Waals surface area contributed by atoms with E-state index in [1.807, 2.05) is 0 Å². The molecule has 2 aromatic rings. The summed E-state index contributed by atoms with van der Waals surface area (Å²) < 4.78 is 74.6. The van der Waals surface area contributed by atoms with Gasteiger partial charge in [0.1, 0.15) is 11.4 Å². The molecule has 0 radical (unpaired) electrons. The number of nitrogens with zero attached hydrogens (tertiary/aromatic N) is 2. The minimum atomic E-state index is -5.83. The number of carbonyl (C=O) groups excluding carboxylic acids is 2. The van der Waals surface area contributed by atoms with E-state index < -0.39 is 34.7 Å². The fourth-order valence-electron chi connectivity index (χ4n) is 4.63. The van der Waals surface area contributed by atoms with Crippen LogP contribution in [0.1, 0.15) is 46.5 Å². The van der Waals surface area contributed by atoms with Gasteiger partial charge in [-0.25, -0.2) is 0 Å². The van der Waals surface area contributed by atoms with E-state index in [-0.39, 0.29) is 29.3 Å². The Hall–Kier alpha value is -3.43. The summed E-state index contributed by atoms with van der Waals surface area (Å²) in [6.07, 6.45) is -5.37. The smallest absolute Gasteiger partial charge is 0.458 e. The Morgan fingerprint density at radius 3 is 2.32 bits per heavy atom. The Balaban J connectivity index is 2.05. The summed E-state index contributed by atoms with van der Waals surface area (Å²) in [5.74, 6) is -5.57. The van der Waals surface area contributed by atoms with E-state index >= 15 is 0 Å². The molecule has 0 aromatic heterocycles. The fraction of sp³-hybridized carbons (Fsp3) is 0.333. The van der Waals surface area contributed by atoms with Crippen molar-refractivity contribution in [2.45, 2.75) is 45.0 Å². The molecule has 0 N–H and O–H groups in total. The number of alkyl halides is 5. The summed E-state index contributed by atoms with van der Waals surface area (Å²) >= 11 is 0. The average molecular weight is 480 g/mol. The van der Waals surface area contributed by atoms with Crippen LogP contribution in [0.25, 0.3) is 5.70 Å². The molecule has 2 amide bonds. The molecule has 0 aliphatic carbocycles. The van der Waals surface area contributed by atoms with E-state index in [0.29, 0.717) is 23.6 Å². The number of likely N-dealkylation sites (N-methyl/N-ethyl adjacent to an activating group) is 1. The molecule has 0 atom stereocenters. The molecule has 0 saturated heterocycles. The molecule has 10 heteroatoms. The third-order valence-corrected chi connectivity index (χ3v) is 6.12. The summed E-state index contributed by atoms with van der Waals surface area (Å²) in [5, 5.41) is 0. The van der Waals surface area contributed by atoms with Crippen molar-refractivity contribution in [3.63, 3.8) is 0 Å². The van der Waals surface area contributed by atoms with Crippen molar-refractivity contribution in [3.05, 3.63) is 69.9 Å². The fourth-order valence-corrected chi connectivity index (χ4v) is 4.63. The maximum absolute atomic E-state index is 14.4. The van der Waals surface area contributed by atoms with Gasteiger partial charge in [0.25, 0.3) is 5.91 Å². The van der Waals surface area contributed by atoms with Gasteiger partial charge in [-0.1, -0.05) is 18.2 Å². The van der Waals surface area contributed by atoms with Crippen molar-refractivity contribution in [2.24, 2.45) is 0 Å². The normalized spacial score (nSPS) is 17.3. The monoisotopic (exact) mass is 480 g/mol. The molecule has 0 saturated carbocycles. The zero-order valence-corrected chi connectivity index (χ0v) is 18.8. The SMILES string of the molecule is Cc1c(C(F)(F)C(F)(F)F)ccc2c1C(N1Cc3ccccc3C1=O)=C(N(C)C=O)C(C)(C)O2. The minimum Gasteiger partial charge on any atom is -0.481 e. The predicted octanol–water partition coefficient (Wildman–Crippen LogP) is 5.23. The third kappa shape index (κ3) is 3.35. The highest BCUT2D eigenvalue weighted by molar-refractivity contribution is 6.04. The van der Waals surface area contributed by atoms with Crippen LogP contribution in [0, 0.1) is 6.92 Å². The van der Waals surface area contributed by atoms with Crippen molar-refractivity contribution < 1.29 is 36.3 Å². The lowest BCUT2D eigenvalue weighted by Gasteiger charge is -2.42. The lowest BCUT2D eigenvalue weighted by molar-refractivity contribution is -0.289. The molecule has 2 aromatic carbocycles. The number of benzene rings is 2. The Bertz CT molecular complexity index is 1230. The van der Waals surface area contributed by atoms with Gasteiger partial charge in [-0.15, -0.1) is 0 Å². The first-order valence-electron chi connectivity index (χ1n) is 10.3. The molecule has 0 spiro atoms. The van der Waals surface area contributed by atoms with Gasteiger partial charge in [0.05, 0.1) is 17.9 Å². The number of ether oxygens (including phenoxy) is 1.